The van der Waals surface area contributed by atoms with Gasteiger partial charge in [-0.15, -0.1) is 0 Å². The average Bonchev–Trinajstić information content (AvgIpc) is 2.58. The summed E-state index contributed by atoms with van der Waals surface area (Å²) >= 11 is 0. The monoisotopic (exact) mass is 358 g/mol. The fourth-order valence-electron chi connectivity index (χ4n) is 2.72. The Hall–Kier alpha value is -2.25. The first-order valence-corrected chi connectivity index (χ1v) is 7.97. The number of nitrogens with zero attached hydrogens (tertiary/aromatic N) is 2. The summed E-state index contributed by atoms with van der Waals surface area (Å²) in [7, 11) is 3.41. The molecule has 1 fully saturated rings. The van der Waals surface area contributed by atoms with Gasteiger partial charge in [0.25, 0.3) is 5.91 Å². The van der Waals surface area contributed by atoms with E-state index in [4.69, 9.17) is 4.74 Å². The first-order chi connectivity index (χ1) is 11.7. The summed E-state index contributed by atoms with van der Waals surface area (Å²) in [6, 6.07) is 4.21. The van der Waals surface area contributed by atoms with E-state index in [-0.39, 0.29) is 30.1 Å². The molecule has 0 atom stereocenters. The topological polar surface area (TPSA) is 49.9 Å². The molecule has 1 heterocycles. The van der Waals surface area contributed by atoms with E-state index in [0.29, 0.717) is 25.9 Å². The molecule has 0 radical (unpaired) electrons. The fraction of sp³-hybridized carbons (Fsp3) is 0.529. The van der Waals surface area contributed by atoms with Crippen LogP contribution in [0.15, 0.2) is 24.3 Å². The molecule has 0 unspecified atom stereocenters. The van der Waals surface area contributed by atoms with Crippen LogP contribution in [0, 0.1) is 5.92 Å². The third-order valence-electron chi connectivity index (χ3n) is 4.18. The Morgan fingerprint density at radius 1 is 1.16 bits per heavy atom. The molecule has 25 heavy (non-hydrogen) atoms. The van der Waals surface area contributed by atoms with E-state index < -0.39 is 11.7 Å². The van der Waals surface area contributed by atoms with Crippen LogP contribution in [0.1, 0.15) is 18.4 Å². The molecule has 2 rings (SSSR count). The molecule has 0 aliphatic carbocycles. The number of likely N-dealkylation sites (tertiary alicyclic amines) is 1. The molecule has 1 aliphatic rings. The molecule has 0 aromatic heterocycles. The predicted molar refractivity (Wildman–Crippen MR) is 84.9 cm³/mol. The highest BCUT2D eigenvalue weighted by atomic mass is 19.4. The van der Waals surface area contributed by atoms with Crippen LogP contribution < -0.4 is 4.74 Å². The SMILES string of the molecule is CN(C)C(=O)C1CCN(C(=O)COc2ccc(C(F)(F)F)cc2)CC1. The second-order valence-electron chi connectivity index (χ2n) is 6.20. The molecule has 8 heteroatoms. The maximum atomic E-state index is 12.5. The molecule has 138 valence electrons. The van der Waals surface area contributed by atoms with Gasteiger partial charge in [-0.2, -0.15) is 13.2 Å². The zero-order chi connectivity index (χ0) is 18.6. The van der Waals surface area contributed by atoms with Crippen LogP contribution >= 0.6 is 0 Å². The van der Waals surface area contributed by atoms with Gasteiger partial charge >= 0.3 is 6.18 Å². The number of benzene rings is 1. The molecule has 0 N–H and O–H groups in total. The number of piperidine rings is 1. The number of carbonyl (C=O) groups is 2. The summed E-state index contributed by atoms with van der Waals surface area (Å²) in [6.45, 7) is 0.705. The van der Waals surface area contributed by atoms with Gasteiger partial charge in [-0.1, -0.05) is 0 Å². The average molecular weight is 358 g/mol. The highest BCUT2D eigenvalue weighted by Gasteiger charge is 2.30. The van der Waals surface area contributed by atoms with Gasteiger partial charge in [0.1, 0.15) is 5.75 Å². The van der Waals surface area contributed by atoms with E-state index in [0.717, 1.165) is 12.1 Å². The van der Waals surface area contributed by atoms with Gasteiger partial charge in [-0.3, -0.25) is 9.59 Å². The first kappa shape index (κ1) is 19.1. The van der Waals surface area contributed by atoms with Crippen LogP contribution in [0.2, 0.25) is 0 Å². The molecule has 1 aromatic rings. The third-order valence-corrected chi connectivity index (χ3v) is 4.18. The van der Waals surface area contributed by atoms with Gasteiger partial charge in [0.15, 0.2) is 6.61 Å². The highest BCUT2D eigenvalue weighted by molar-refractivity contribution is 5.80. The minimum Gasteiger partial charge on any atom is -0.484 e. The summed E-state index contributed by atoms with van der Waals surface area (Å²) in [6.07, 6.45) is -3.20. The van der Waals surface area contributed by atoms with Crippen molar-refractivity contribution in [3.8, 4) is 5.75 Å². The summed E-state index contributed by atoms with van der Waals surface area (Å²) < 4.78 is 42.7. The van der Waals surface area contributed by atoms with Gasteiger partial charge < -0.3 is 14.5 Å². The Balaban J connectivity index is 1.80. The van der Waals surface area contributed by atoms with E-state index in [2.05, 4.69) is 0 Å². The van der Waals surface area contributed by atoms with Gasteiger partial charge in [-0.05, 0) is 37.1 Å². The van der Waals surface area contributed by atoms with Gasteiger partial charge in [-0.25, -0.2) is 0 Å². The van der Waals surface area contributed by atoms with E-state index in [1.165, 1.54) is 12.1 Å². The largest absolute Gasteiger partial charge is 0.484 e. The number of hydrogen-bond acceptors (Lipinski definition) is 3. The van der Waals surface area contributed by atoms with Crippen LogP contribution in [-0.2, 0) is 15.8 Å². The van der Waals surface area contributed by atoms with Crippen LogP contribution in [0.25, 0.3) is 0 Å². The maximum absolute atomic E-state index is 12.5. The summed E-state index contributed by atoms with van der Waals surface area (Å²) in [4.78, 5) is 27.2. The lowest BCUT2D eigenvalue weighted by atomic mass is 9.95. The Labute approximate surface area is 144 Å². The lowest BCUT2D eigenvalue weighted by molar-refractivity contribution is -0.140. The van der Waals surface area contributed by atoms with Gasteiger partial charge in [0.05, 0.1) is 5.56 Å². The Morgan fingerprint density at radius 2 is 1.72 bits per heavy atom. The first-order valence-electron chi connectivity index (χ1n) is 7.97. The maximum Gasteiger partial charge on any atom is 0.416 e. The minimum absolute atomic E-state index is 0.0631. The lowest BCUT2D eigenvalue weighted by Crippen LogP contribution is -2.44. The van der Waals surface area contributed by atoms with Crippen molar-refractivity contribution in [1.82, 2.24) is 9.80 Å². The van der Waals surface area contributed by atoms with Crippen molar-refractivity contribution in [2.75, 3.05) is 33.8 Å². The molecule has 0 bridgehead atoms. The third kappa shape index (κ3) is 5.11. The smallest absolute Gasteiger partial charge is 0.416 e. The molecular weight excluding hydrogens is 337 g/mol. The molecule has 1 aromatic carbocycles. The molecule has 0 spiro atoms. The van der Waals surface area contributed by atoms with Crippen molar-refractivity contribution in [2.24, 2.45) is 5.92 Å². The number of rotatable bonds is 4. The van der Waals surface area contributed by atoms with Crippen molar-refractivity contribution in [1.29, 1.82) is 0 Å². The Morgan fingerprint density at radius 3 is 2.20 bits per heavy atom. The normalized spacial score (nSPS) is 15.8. The van der Waals surface area contributed by atoms with Crippen LogP contribution in [0.3, 0.4) is 0 Å². The number of ether oxygens (including phenoxy) is 1. The predicted octanol–water partition coefficient (Wildman–Crippen LogP) is 2.41. The zero-order valence-electron chi connectivity index (χ0n) is 14.2. The van der Waals surface area contributed by atoms with E-state index in [9.17, 15) is 22.8 Å². The van der Waals surface area contributed by atoms with Crippen molar-refractivity contribution in [3.63, 3.8) is 0 Å². The number of halogens is 3. The van der Waals surface area contributed by atoms with Gasteiger partial charge in [0, 0.05) is 33.1 Å². The highest BCUT2D eigenvalue weighted by Crippen LogP contribution is 2.30. The fourth-order valence-corrected chi connectivity index (χ4v) is 2.72. The molecule has 1 saturated heterocycles. The minimum atomic E-state index is -4.40. The number of carbonyl (C=O) groups excluding carboxylic acids is 2. The summed E-state index contributed by atoms with van der Waals surface area (Å²) in [5, 5.41) is 0. The summed E-state index contributed by atoms with van der Waals surface area (Å²) in [5.41, 5.74) is -0.765. The van der Waals surface area contributed by atoms with Crippen molar-refractivity contribution in [2.45, 2.75) is 19.0 Å². The lowest BCUT2D eigenvalue weighted by Gasteiger charge is -2.32. The molecule has 2 amide bonds. The van der Waals surface area contributed by atoms with Crippen molar-refractivity contribution in [3.05, 3.63) is 29.8 Å². The van der Waals surface area contributed by atoms with E-state index in [1.54, 1.807) is 23.9 Å². The Bertz CT molecular complexity index is 607. The molecular formula is C17H21F3N2O3. The zero-order valence-corrected chi connectivity index (χ0v) is 14.2. The van der Waals surface area contributed by atoms with E-state index in [1.807, 2.05) is 0 Å². The Kier molecular flexibility index (Phi) is 5.92. The van der Waals surface area contributed by atoms with Crippen LogP contribution in [0.5, 0.6) is 5.75 Å². The van der Waals surface area contributed by atoms with Crippen LogP contribution in [0.4, 0.5) is 13.2 Å². The molecule has 0 saturated carbocycles. The van der Waals surface area contributed by atoms with Crippen molar-refractivity contribution < 1.29 is 27.5 Å². The quantitative estimate of drug-likeness (QED) is 0.831. The second kappa shape index (κ2) is 7.76. The molecule has 1 aliphatic heterocycles. The number of hydrogen-bond donors (Lipinski definition) is 0. The van der Waals surface area contributed by atoms with E-state index >= 15 is 0 Å². The second-order valence-corrected chi connectivity index (χ2v) is 6.20. The summed E-state index contributed by atoms with van der Waals surface area (Å²) in [5.74, 6) is -0.0438. The number of amides is 2. The van der Waals surface area contributed by atoms with Gasteiger partial charge in [0.2, 0.25) is 5.91 Å². The molecule has 5 nitrogen and oxygen atoms in total. The standard InChI is InChI=1S/C17H21F3N2O3/c1-21(2)16(24)12-7-9-22(10-8-12)15(23)11-25-14-5-3-13(4-6-14)17(18,19)20/h3-6,12H,7-11H2,1-2H3. The number of alkyl halides is 3. The van der Waals surface area contributed by atoms with Crippen LogP contribution in [-0.4, -0.2) is 55.4 Å². The van der Waals surface area contributed by atoms with Crippen molar-refractivity contribution >= 4 is 11.8 Å².